The van der Waals surface area contributed by atoms with Crippen molar-refractivity contribution >= 4 is 0 Å². The molecule has 2 rings (SSSR count). The fourth-order valence-corrected chi connectivity index (χ4v) is 1.63. The zero-order valence-electron chi connectivity index (χ0n) is 9.81. The van der Waals surface area contributed by atoms with E-state index in [9.17, 15) is 0 Å². The predicted molar refractivity (Wildman–Crippen MR) is 61.7 cm³/mol. The lowest BCUT2D eigenvalue weighted by molar-refractivity contribution is -0.0684. The van der Waals surface area contributed by atoms with E-state index in [2.05, 4.69) is 26.0 Å². The van der Waals surface area contributed by atoms with Gasteiger partial charge >= 0.3 is 0 Å². The molecule has 0 bridgehead atoms. The zero-order chi connectivity index (χ0) is 11.4. The van der Waals surface area contributed by atoms with Crippen LogP contribution in [-0.2, 0) is 9.47 Å². The van der Waals surface area contributed by atoms with Crippen molar-refractivity contribution in [2.45, 2.75) is 26.1 Å². The Bertz CT molecular complexity index is 330. The van der Waals surface area contributed by atoms with Gasteiger partial charge in [-0.05, 0) is 23.6 Å². The normalized spacial score (nSPS) is 16.9. The third-order valence-corrected chi connectivity index (χ3v) is 2.60. The van der Waals surface area contributed by atoms with E-state index in [1.165, 1.54) is 5.56 Å². The molecule has 0 spiro atoms. The summed E-state index contributed by atoms with van der Waals surface area (Å²) in [7, 11) is 0. The summed E-state index contributed by atoms with van der Waals surface area (Å²) < 4.78 is 16.2. The van der Waals surface area contributed by atoms with E-state index < -0.39 is 0 Å². The van der Waals surface area contributed by atoms with Gasteiger partial charge in [0.1, 0.15) is 12.4 Å². The molecule has 3 nitrogen and oxygen atoms in total. The molecule has 0 radical (unpaired) electrons. The Morgan fingerprint density at radius 3 is 2.75 bits per heavy atom. The first kappa shape index (κ1) is 11.4. The van der Waals surface area contributed by atoms with Crippen LogP contribution in [0.15, 0.2) is 24.3 Å². The second-order valence-electron chi connectivity index (χ2n) is 4.21. The van der Waals surface area contributed by atoms with Crippen molar-refractivity contribution in [2.75, 3.05) is 19.8 Å². The van der Waals surface area contributed by atoms with E-state index in [1.807, 2.05) is 12.1 Å². The molecule has 0 N–H and O–H groups in total. The summed E-state index contributed by atoms with van der Waals surface area (Å²) in [5.74, 6) is 1.40. The number of rotatable bonds is 4. The van der Waals surface area contributed by atoms with Crippen molar-refractivity contribution < 1.29 is 14.2 Å². The molecule has 0 aliphatic carbocycles. The Hall–Kier alpha value is -1.06. The molecule has 0 saturated carbocycles. The van der Waals surface area contributed by atoms with Crippen molar-refractivity contribution in [3.05, 3.63) is 29.8 Å². The summed E-state index contributed by atoms with van der Waals surface area (Å²) in [5, 5.41) is 0. The molecule has 1 aliphatic rings. The SMILES string of the molecule is CC(C)c1cccc(OCC2OCCO2)c1. The molecule has 1 aromatic rings. The molecule has 1 aromatic carbocycles. The Labute approximate surface area is 96.3 Å². The van der Waals surface area contributed by atoms with Gasteiger partial charge in [0, 0.05) is 0 Å². The monoisotopic (exact) mass is 222 g/mol. The summed E-state index contributed by atoms with van der Waals surface area (Å²) in [6.45, 7) is 6.13. The molecule has 1 aliphatic heterocycles. The Morgan fingerprint density at radius 2 is 2.06 bits per heavy atom. The summed E-state index contributed by atoms with van der Waals surface area (Å²) in [4.78, 5) is 0. The Kier molecular flexibility index (Phi) is 3.80. The highest BCUT2D eigenvalue weighted by molar-refractivity contribution is 5.30. The highest BCUT2D eigenvalue weighted by Gasteiger charge is 2.16. The average molecular weight is 222 g/mol. The maximum Gasteiger partial charge on any atom is 0.191 e. The smallest absolute Gasteiger partial charge is 0.191 e. The summed E-state index contributed by atoms with van der Waals surface area (Å²) in [6.07, 6.45) is -0.206. The Morgan fingerprint density at radius 1 is 1.31 bits per heavy atom. The van der Waals surface area contributed by atoms with Crippen LogP contribution in [0.1, 0.15) is 25.3 Å². The molecule has 0 atom stereocenters. The van der Waals surface area contributed by atoms with Crippen molar-refractivity contribution in [1.82, 2.24) is 0 Å². The van der Waals surface area contributed by atoms with E-state index in [0.29, 0.717) is 25.7 Å². The molecule has 1 fully saturated rings. The minimum atomic E-state index is -0.206. The third-order valence-electron chi connectivity index (χ3n) is 2.60. The molecule has 0 amide bonds. The van der Waals surface area contributed by atoms with Crippen LogP contribution in [0.25, 0.3) is 0 Å². The van der Waals surface area contributed by atoms with Gasteiger partial charge in [-0.2, -0.15) is 0 Å². The molecular formula is C13H18O3. The van der Waals surface area contributed by atoms with Crippen LogP contribution in [0, 0.1) is 0 Å². The summed E-state index contributed by atoms with van der Waals surface area (Å²) in [6, 6.07) is 8.15. The van der Waals surface area contributed by atoms with Crippen molar-refractivity contribution in [3.8, 4) is 5.75 Å². The second-order valence-corrected chi connectivity index (χ2v) is 4.21. The molecule has 0 unspecified atom stereocenters. The average Bonchev–Trinajstić information content (AvgIpc) is 2.79. The third kappa shape index (κ3) is 2.97. The van der Waals surface area contributed by atoms with E-state index in [4.69, 9.17) is 14.2 Å². The molecule has 16 heavy (non-hydrogen) atoms. The molecule has 1 saturated heterocycles. The molecular weight excluding hydrogens is 204 g/mol. The molecule has 88 valence electrons. The van der Waals surface area contributed by atoms with Crippen LogP contribution in [0.4, 0.5) is 0 Å². The minimum Gasteiger partial charge on any atom is -0.488 e. The fraction of sp³-hybridized carbons (Fsp3) is 0.538. The fourth-order valence-electron chi connectivity index (χ4n) is 1.63. The summed E-state index contributed by atoms with van der Waals surface area (Å²) >= 11 is 0. The van der Waals surface area contributed by atoms with Gasteiger partial charge in [0.15, 0.2) is 6.29 Å². The van der Waals surface area contributed by atoms with Crippen LogP contribution in [0.2, 0.25) is 0 Å². The number of benzene rings is 1. The standard InChI is InChI=1S/C13H18O3/c1-10(2)11-4-3-5-12(8-11)16-9-13-14-6-7-15-13/h3-5,8,10,13H,6-7,9H2,1-2H3. The highest BCUT2D eigenvalue weighted by Crippen LogP contribution is 2.20. The lowest BCUT2D eigenvalue weighted by atomic mass is 10.0. The second kappa shape index (κ2) is 5.32. The van der Waals surface area contributed by atoms with Gasteiger partial charge in [-0.1, -0.05) is 26.0 Å². The van der Waals surface area contributed by atoms with Crippen LogP contribution in [0.5, 0.6) is 5.75 Å². The topological polar surface area (TPSA) is 27.7 Å². The lowest BCUT2D eigenvalue weighted by Gasteiger charge is -2.12. The number of ether oxygens (including phenoxy) is 3. The van der Waals surface area contributed by atoms with Gasteiger partial charge in [-0.15, -0.1) is 0 Å². The zero-order valence-corrected chi connectivity index (χ0v) is 9.81. The maximum atomic E-state index is 5.63. The first-order valence-corrected chi connectivity index (χ1v) is 5.71. The largest absolute Gasteiger partial charge is 0.488 e. The number of hydrogen-bond donors (Lipinski definition) is 0. The molecule has 0 aromatic heterocycles. The van der Waals surface area contributed by atoms with E-state index in [1.54, 1.807) is 0 Å². The van der Waals surface area contributed by atoms with Crippen LogP contribution in [0.3, 0.4) is 0 Å². The van der Waals surface area contributed by atoms with Gasteiger partial charge in [0.2, 0.25) is 0 Å². The van der Waals surface area contributed by atoms with Crippen LogP contribution < -0.4 is 4.74 Å². The maximum absolute atomic E-state index is 5.63. The van der Waals surface area contributed by atoms with Crippen molar-refractivity contribution in [3.63, 3.8) is 0 Å². The highest BCUT2D eigenvalue weighted by atomic mass is 16.7. The van der Waals surface area contributed by atoms with Gasteiger partial charge in [0.25, 0.3) is 0 Å². The minimum absolute atomic E-state index is 0.206. The van der Waals surface area contributed by atoms with Gasteiger partial charge in [-0.3, -0.25) is 0 Å². The summed E-state index contributed by atoms with van der Waals surface area (Å²) in [5.41, 5.74) is 1.28. The lowest BCUT2D eigenvalue weighted by Crippen LogP contribution is -2.18. The molecule has 3 heteroatoms. The van der Waals surface area contributed by atoms with E-state index in [-0.39, 0.29) is 6.29 Å². The first-order valence-electron chi connectivity index (χ1n) is 5.71. The Balaban J connectivity index is 1.90. The van der Waals surface area contributed by atoms with Gasteiger partial charge in [-0.25, -0.2) is 0 Å². The van der Waals surface area contributed by atoms with E-state index in [0.717, 1.165) is 5.75 Å². The van der Waals surface area contributed by atoms with Gasteiger partial charge < -0.3 is 14.2 Å². The van der Waals surface area contributed by atoms with Gasteiger partial charge in [0.05, 0.1) is 13.2 Å². The van der Waals surface area contributed by atoms with Crippen LogP contribution >= 0.6 is 0 Å². The van der Waals surface area contributed by atoms with Crippen LogP contribution in [-0.4, -0.2) is 26.1 Å². The predicted octanol–water partition coefficient (Wildman–Crippen LogP) is 2.56. The van der Waals surface area contributed by atoms with E-state index >= 15 is 0 Å². The first-order chi connectivity index (χ1) is 7.75. The molecule has 1 heterocycles. The van der Waals surface area contributed by atoms with Crippen molar-refractivity contribution in [2.24, 2.45) is 0 Å². The quantitative estimate of drug-likeness (QED) is 0.783. The number of hydrogen-bond acceptors (Lipinski definition) is 3. The van der Waals surface area contributed by atoms with Crippen molar-refractivity contribution in [1.29, 1.82) is 0 Å².